The molecule has 3 unspecified atom stereocenters. The van der Waals surface area contributed by atoms with Crippen LogP contribution in [0, 0.1) is 17.7 Å². The quantitative estimate of drug-likeness (QED) is 0.927. The van der Waals surface area contributed by atoms with Gasteiger partial charge in [0.05, 0.1) is 5.92 Å². The van der Waals surface area contributed by atoms with Gasteiger partial charge in [-0.1, -0.05) is 25.1 Å². The van der Waals surface area contributed by atoms with Crippen LogP contribution in [0.4, 0.5) is 4.39 Å². The molecule has 1 amide bonds. The smallest absolute Gasteiger partial charge is 0.308 e. The lowest BCUT2D eigenvalue weighted by molar-refractivity contribution is -0.154. The number of carbonyl (C=O) groups is 2. The van der Waals surface area contributed by atoms with Crippen molar-refractivity contribution in [1.29, 1.82) is 0 Å². The van der Waals surface area contributed by atoms with Crippen LogP contribution in [-0.2, 0) is 16.0 Å². The molecule has 0 saturated carbocycles. The molecule has 1 aliphatic heterocycles. The van der Waals surface area contributed by atoms with Crippen LogP contribution in [0.25, 0.3) is 0 Å². The number of aliphatic carboxylic acids is 1. The average Bonchev–Trinajstić information content (AvgIpc) is 2.39. The molecule has 1 aromatic carbocycles. The van der Waals surface area contributed by atoms with Crippen LogP contribution in [0.3, 0.4) is 0 Å². The van der Waals surface area contributed by atoms with Gasteiger partial charge in [-0.2, -0.15) is 0 Å². The van der Waals surface area contributed by atoms with E-state index < -0.39 is 11.9 Å². The number of rotatable bonds is 4. The van der Waals surface area contributed by atoms with E-state index in [1.165, 1.54) is 6.07 Å². The molecule has 4 nitrogen and oxygen atoms in total. The SMILES string of the molecule is CC1CC(=O)N(CCc2ccccc2F)C(C)C1C(=O)O. The van der Waals surface area contributed by atoms with Crippen LogP contribution in [0.5, 0.6) is 0 Å². The molecule has 1 aliphatic rings. The maximum absolute atomic E-state index is 13.6. The van der Waals surface area contributed by atoms with Gasteiger partial charge in [0.25, 0.3) is 0 Å². The molecular formula is C16H20FNO3. The Labute approximate surface area is 123 Å². The molecule has 21 heavy (non-hydrogen) atoms. The average molecular weight is 293 g/mol. The highest BCUT2D eigenvalue weighted by Gasteiger charge is 2.41. The lowest BCUT2D eigenvalue weighted by atomic mass is 9.81. The third-order valence-corrected chi connectivity index (χ3v) is 4.31. The van der Waals surface area contributed by atoms with E-state index in [2.05, 4.69) is 0 Å². The largest absolute Gasteiger partial charge is 0.481 e. The van der Waals surface area contributed by atoms with Gasteiger partial charge in [-0.05, 0) is 30.9 Å². The summed E-state index contributed by atoms with van der Waals surface area (Å²) in [5.74, 6) is -1.96. The highest BCUT2D eigenvalue weighted by molar-refractivity contribution is 5.81. The van der Waals surface area contributed by atoms with E-state index in [4.69, 9.17) is 0 Å². The van der Waals surface area contributed by atoms with E-state index in [1.807, 2.05) is 0 Å². The van der Waals surface area contributed by atoms with Gasteiger partial charge in [0.2, 0.25) is 5.91 Å². The van der Waals surface area contributed by atoms with E-state index >= 15 is 0 Å². The molecule has 1 heterocycles. The third kappa shape index (κ3) is 3.23. The third-order valence-electron chi connectivity index (χ3n) is 4.31. The molecule has 0 aliphatic carbocycles. The monoisotopic (exact) mass is 293 g/mol. The Kier molecular flexibility index (Phi) is 4.60. The Morgan fingerprint density at radius 1 is 1.38 bits per heavy atom. The van der Waals surface area contributed by atoms with Gasteiger partial charge in [-0.25, -0.2) is 4.39 Å². The zero-order valence-corrected chi connectivity index (χ0v) is 12.3. The van der Waals surface area contributed by atoms with Gasteiger partial charge in [-0.15, -0.1) is 0 Å². The fraction of sp³-hybridized carbons (Fsp3) is 0.500. The van der Waals surface area contributed by atoms with Crippen molar-refractivity contribution in [2.24, 2.45) is 11.8 Å². The van der Waals surface area contributed by atoms with Crippen molar-refractivity contribution < 1.29 is 19.1 Å². The number of carbonyl (C=O) groups excluding carboxylic acids is 1. The lowest BCUT2D eigenvalue weighted by Crippen LogP contribution is -2.53. The minimum Gasteiger partial charge on any atom is -0.481 e. The molecule has 0 spiro atoms. The zero-order chi connectivity index (χ0) is 15.6. The van der Waals surface area contributed by atoms with E-state index in [0.29, 0.717) is 18.5 Å². The normalized spacial score (nSPS) is 26.0. The lowest BCUT2D eigenvalue weighted by Gasteiger charge is -2.40. The number of hydrogen-bond acceptors (Lipinski definition) is 2. The number of halogens is 1. The molecule has 0 radical (unpaired) electrons. The van der Waals surface area contributed by atoms with Crippen molar-refractivity contribution in [3.05, 3.63) is 35.6 Å². The second-order valence-electron chi connectivity index (χ2n) is 5.71. The minimum absolute atomic E-state index is 0.0520. The maximum Gasteiger partial charge on any atom is 0.308 e. The molecule has 2 rings (SSSR count). The Morgan fingerprint density at radius 2 is 2.05 bits per heavy atom. The predicted octanol–water partition coefficient (Wildman–Crippen LogP) is 2.33. The fourth-order valence-electron chi connectivity index (χ4n) is 3.14. The van der Waals surface area contributed by atoms with Crippen LogP contribution < -0.4 is 0 Å². The Morgan fingerprint density at radius 3 is 2.67 bits per heavy atom. The summed E-state index contributed by atoms with van der Waals surface area (Å²) >= 11 is 0. The molecule has 1 saturated heterocycles. The molecule has 0 bridgehead atoms. The van der Waals surface area contributed by atoms with Gasteiger partial charge in [0.1, 0.15) is 5.82 Å². The molecule has 114 valence electrons. The second-order valence-corrected chi connectivity index (χ2v) is 5.71. The number of likely N-dealkylation sites (tertiary alicyclic amines) is 1. The first-order chi connectivity index (χ1) is 9.91. The summed E-state index contributed by atoms with van der Waals surface area (Å²) in [6.45, 7) is 3.90. The molecular weight excluding hydrogens is 273 g/mol. The van der Waals surface area contributed by atoms with Gasteiger partial charge in [0, 0.05) is 19.0 Å². The summed E-state index contributed by atoms with van der Waals surface area (Å²) in [5, 5.41) is 9.31. The molecule has 1 N–H and O–H groups in total. The van der Waals surface area contributed by atoms with Crippen molar-refractivity contribution in [2.75, 3.05) is 6.54 Å². The van der Waals surface area contributed by atoms with E-state index in [-0.39, 0.29) is 30.1 Å². The molecule has 1 aromatic rings. The van der Waals surface area contributed by atoms with Crippen molar-refractivity contribution in [3.63, 3.8) is 0 Å². The maximum atomic E-state index is 13.6. The van der Waals surface area contributed by atoms with E-state index in [0.717, 1.165) is 0 Å². The zero-order valence-electron chi connectivity index (χ0n) is 12.3. The fourth-order valence-corrected chi connectivity index (χ4v) is 3.14. The van der Waals surface area contributed by atoms with Crippen molar-refractivity contribution in [3.8, 4) is 0 Å². The first-order valence-electron chi connectivity index (χ1n) is 7.17. The highest BCUT2D eigenvalue weighted by atomic mass is 19.1. The van der Waals surface area contributed by atoms with Crippen LogP contribution in [0.1, 0.15) is 25.8 Å². The summed E-state index contributed by atoms with van der Waals surface area (Å²) in [7, 11) is 0. The summed E-state index contributed by atoms with van der Waals surface area (Å²) in [5.41, 5.74) is 0.544. The standard InChI is InChI=1S/C16H20FNO3/c1-10-9-14(19)18(11(2)15(10)16(20)21)8-7-12-5-3-4-6-13(12)17/h3-6,10-11,15H,7-9H2,1-2H3,(H,20,21). The van der Waals surface area contributed by atoms with Gasteiger partial charge < -0.3 is 10.0 Å². The number of carboxylic acid groups (broad SMARTS) is 1. The highest BCUT2D eigenvalue weighted by Crippen LogP contribution is 2.30. The topological polar surface area (TPSA) is 57.6 Å². The summed E-state index contributed by atoms with van der Waals surface area (Å²) < 4.78 is 13.6. The number of piperidine rings is 1. The van der Waals surface area contributed by atoms with Crippen LogP contribution in [0.15, 0.2) is 24.3 Å². The van der Waals surface area contributed by atoms with Crippen molar-refractivity contribution in [2.45, 2.75) is 32.7 Å². The first kappa shape index (κ1) is 15.5. The Balaban J connectivity index is 2.09. The molecule has 5 heteroatoms. The number of hydrogen-bond donors (Lipinski definition) is 1. The number of nitrogens with zero attached hydrogens (tertiary/aromatic N) is 1. The van der Waals surface area contributed by atoms with E-state index in [1.54, 1.807) is 36.9 Å². The Hall–Kier alpha value is -1.91. The Bertz CT molecular complexity index is 546. The van der Waals surface area contributed by atoms with Gasteiger partial charge in [0.15, 0.2) is 0 Å². The van der Waals surface area contributed by atoms with Crippen molar-refractivity contribution >= 4 is 11.9 Å². The van der Waals surface area contributed by atoms with Crippen LogP contribution in [-0.4, -0.2) is 34.5 Å². The van der Waals surface area contributed by atoms with Crippen LogP contribution >= 0.6 is 0 Å². The van der Waals surface area contributed by atoms with Gasteiger partial charge >= 0.3 is 5.97 Å². The second kappa shape index (κ2) is 6.24. The van der Waals surface area contributed by atoms with Crippen LogP contribution in [0.2, 0.25) is 0 Å². The summed E-state index contributed by atoms with van der Waals surface area (Å²) in [6, 6.07) is 6.08. The molecule has 1 fully saturated rings. The molecule has 3 atom stereocenters. The summed E-state index contributed by atoms with van der Waals surface area (Å²) in [4.78, 5) is 25.1. The van der Waals surface area contributed by atoms with Crippen molar-refractivity contribution in [1.82, 2.24) is 4.90 Å². The molecule has 0 aromatic heterocycles. The minimum atomic E-state index is -0.876. The van der Waals surface area contributed by atoms with E-state index in [9.17, 15) is 19.1 Å². The number of amides is 1. The predicted molar refractivity (Wildman–Crippen MR) is 76.2 cm³/mol. The number of carboxylic acids is 1. The summed E-state index contributed by atoms with van der Waals surface area (Å²) in [6.07, 6.45) is 0.627. The first-order valence-corrected chi connectivity index (χ1v) is 7.17. The number of benzene rings is 1. The van der Waals surface area contributed by atoms with Gasteiger partial charge in [-0.3, -0.25) is 9.59 Å².